The number of nitrogens with zero attached hydrogens (tertiary/aromatic N) is 1. The molecule has 1 N–H and O–H groups in total. The van der Waals surface area contributed by atoms with Crippen LogP contribution < -0.4 is 4.74 Å². The van der Waals surface area contributed by atoms with Crippen LogP contribution in [-0.4, -0.2) is 42.9 Å². The molecule has 0 aliphatic carbocycles. The van der Waals surface area contributed by atoms with E-state index in [4.69, 9.17) is 4.74 Å². The maximum atomic E-state index is 10.0. The van der Waals surface area contributed by atoms with Crippen LogP contribution in [0.2, 0.25) is 0 Å². The molecule has 0 radical (unpaired) electrons. The molecule has 21 heavy (non-hydrogen) atoms. The highest BCUT2D eigenvalue weighted by molar-refractivity contribution is 5.51. The third kappa shape index (κ3) is 6.78. The Morgan fingerprint density at radius 2 is 1.86 bits per heavy atom. The van der Waals surface area contributed by atoms with E-state index in [1.54, 1.807) is 0 Å². The van der Waals surface area contributed by atoms with E-state index >= 15 is 0 Å². The van der Waals surface area contributed by atoms with Crippen molar-refractivity contribution in [1.29, 1.82) is 0 Å². The highest BCUT2D eigenvalue weighted by Gasteiger charge is 2.12. The molecule has 3 nitrogen and oxygen atoms in total. The van der Waals surface area contributed by atoms with Gasteiger partial charge in [0.2, 0.25) is 0 Å². The summed E-state index contributed by atoms with van der Waals surface area (Å²) in [6, 6.07) is 8.08. The topological polar surface area (TPSA) is 32.7 Å². The second-order valence-electron chi connectivity index (χ2n) is 5.68. The number of unbranched alkanes of at least 4 members (excludes halogenated alkanes) is 2. The molecule has 118 valence electrons. The summed E-state index contributed by atoms with van der Waals surface area (Å²) in [7, 11) is 3.93. The lowest BCUT2D eigenvalue weighted by Gasteiger charge is -2.22. The van der Waals surface area contributed by atoms with Crippen molar-refractivity contribution in [3.8, 4) is 5.75 Å². The lowest BCUT2D eigenvalue weighted by atomic mass is 10.1. The molecule has 0 fully saturated rings. The molecule has 1 rings (SSSR count). The van der Waals surface area contributed by atoms with Crippen LogP contribution in [0.5, 0.6) is 5.75 Å². The van der Waals surface area contributed by atoms with Crippen molar-refractivity contribution in [2.45, 2.75) is 45.3 Å². The molecule has 1 aromatic carbocycles. The largest absolute Gasteiger partial charge is 0.494 e. The fourth-order valence-electron chi connectivity index (χ4n) is 1.89. The predicted octanol–water partition coefficient (Wildman–Crippen LogP) is 3.58. The number of hydrogen-bond acceptors (Lipinski definition) is 3. The van der Waals surface area contributed by atoms with Crippen molar-refractivity contribution in [3.63, 3.8) is 0 Å². The molecule has 2 atom stereocenters. The molecule has 0 spiro atoms. The lowest BCUT2D eigenvalue weighted by molar-refractivity contribution is 0.124. The van der Waals surface area contributed by atoms with Crippen LogP contribution in [0.1, 0.15) is 38.7 Å². The van der Waals surface area contributed by atoms with Gasteiger partial charge in [-0.25, -0.2) is 0 Å². The Balaban J connectivity index is 2.46. The van der Waals surface area contributed by atoms with E-state index in [-0.39, 0.29) is 6.04 Å². The Labute approximate surface area is 129 Å². The highest BCUT2D eigenvalue weighted by atomic mass is 16.5. The van der Waals surface area contributed by atoms with Crippen LogP contribution in [-0.2, 0) is 0 Å². The van der Waals surface area contributed by atoms with E-state index in [0.29, 0.717) is 0 Å². The summed E-state index contributed by atoms with van der Waals surface area (Å²) >= 11 is 0. The van der Waals surface area contributed by atoms with E-state index in [1.165, 1.54) is 12.8 Å². The molecule has 0 heterocycles. The normalized spacial score (nSPS) is 14.6. The summed E-state index contributed by atoms with van der Waals surface area (Å²) in [6.45, 7) is 4.97. The molecule has 0 aliphatic heterocycles. The van der Waals surface area contributed by atoms with Gasteiger partial charge >= 0.3 is 0 Å². The SMILES string of the molecule is CCCCCOc1ccc(/C=C/[C@H](O)[C@@H](C)N(C)C)cc1. The van der Waals surface area contributed by atoms with Crippen LogP contribution in [0.15, 0.2) is 30.3 Å². The summed E-state index contributed by atoms with van der Waals surface area (Å²) in [5.41, 5.74) is 1.07. The van der Waals surface area contributed by atoms with Gasteiger partial charge in [0.1, 0.15) is 5.75 Å². The molecule has 0 amide bonds. The Hall–Kier alpha value is -1.32. The van der Waals surface area contributed by atoms with Crippen molar-refractivity contribution in [2.24, 2.45) is 0 Å². The van der Waals surface area contributed by atoms with E-state index in [0.717, 1.165) is 24.3 Å². The highest BCUT2D eigenvalue weighted by Crippen LogP contribution is 2.14. The third-order valence-corrected chi connectivity index (χ3v) is 3.69. The second-order valence-corrected chi connectivity index (χ2v) is 5.68. The first-order valence-electron chi connectivity index (χ1n) is 7.80. The van der Waals surface area contributed by atoms with Crippen LogP contribution in [0, 0.1) is 0 Å². The molecule has 0 bridgehead atoms. The number of rotatable bonds is 9. The van der Waals surface area contributed by atoms with Crippen LogP contribution in [0.3, 0.4) is 0 Å². The molecule has 0 unspecified atom stereocenters. The summed E-state index contributed by atoms with van der Waals surface area (Å²) in [5, 5.41) is 10.0. The summed E-state index contributed by atoms with van der Waals surface area (Å²) < 4.78 is 5.68. The van der Waals surface area contributed by atoms with Gasteiger partial charge in [0, 0.05) is 6.04 Å². The fraction of sp³-hybridized carbons (Fsp3) is 0.556. The average molecular weight is 291 g/mol. The standard InChI is InChI=1S/C18H29NO2/c1-5-6-7-14-21-17-11-8-16(9-12-17)10-13-18(20)15(2)19(3)4/h8-13,15,18,20H,5-7,14H2,1-4H3/b13-10+/t15-,18+/m1/s1. The number of hydrogen-bond donors (Lipinski definition) is 1. The van der Waals surface area contributed by atoms with Gasteiger partial charge in [0.05, 0.1) is 12.7 Å². The van der Waals surface area contributed by atoms with Crippen LogP contribution in [0.4, 0.5) is 0 Å². The van der Waals surface area contributed by atoms with Gasteiger partial charge < -0.3 is 14.7 Å². The first-order chi connectivity index (χ1) is 10.0. The number of likely N-dealkylation sites (N-methyl/N-ethyl adjacent to an activating group) is 1. The minimum absolute atomic E-state index is 0.0995. The van der Waals surface area contributed by atoms with E-state index in [1.807, 2.05) is 62.3 Å². The fourth-order valence-corrected chi connectivity index (χ4v) is 1.89. The molecule has 1 aromatic rings. The van der Waals surface area contributed by atoms with Gasteiger partial charge in [-0.3, -0.25) is 0 Å². The van der Waals surface area contributed by atoms with Gasteiger partial charge in [-0.2, -0.15) is 0 Å². The molecule has 0 aliphatic rings. The zero-order valence-corrected chi connectivity index (χ0v) is 13.7. The quantitative estimate of drug-likeness (QED) is 0.706. The summed E-state index contributed by atoms with van der Waals surface area (Å²) in [4.78, 5) is 2.00. The molecular weight excluding hydrogens is 262 g/mol. The predicted molar refractivity (Wildman–Crippen MR) is 89.7 cm³/mol. The number of benzene rings is 1. The monoisotopic (exact) mass is 291 g/mol. The van der Waals surface area contributed by atoms with Crippen LogP contribution >= 0.6 is 0 Å². The second kappa shape index (κ2) is 9.59. The van der Waals surface area contributed by atoms with E-state index in [9.17, 15) is 5.11 Å². The molecule has 0 saturated heterocycles. The third-order valence-electron chi connectivity index (χ3n) is 3.69. The minimum atomic E-state index is -0.468. The number of ether oxygens (including phenoxy) is 1. The van der Waals surface area contributed by atoms with Crippen molar-refractivity contribution >= 4 is 6.08 Å². The molecular formula is C18H29NO2. The number of aliphatic hydroxyl groups excluding tert-OH is 1. The summed E-state index contributed by atoms with van der Waals surface area (Å²) in [5.74, 6) is 0.908. The van der Waals surface area contributed by atoms with Gasteiger partial charge in [-0.05, 0) is 45.1 Å². The zero-order valence-electron chi connectivity index (χ0n) is 13.7. The van der Waals surface area contributed by atoms with Crippen molar-refractivity contribution in [2.75, 3.05) is 20.7 Å². The minimum Gasteiger partial charge on any atom is -0.494 e. The number of aliphatic hydroxyl groups is 1. The molecule has 0 aromatic heterocycles. The van der Waals surface area contributed by atoms with Crippen LogP contribution in [0.25, 0.3) is 6.08 Å². The maximum Gasteiger partial charge on any atom is 0.119 e. The Morgan fingerprint density at radius 3 is 2.43 bits per heavy atom. The first-order valence-corrected chi connectivity index (χ1v) is 7.80. The smallest absolute Gasteiger partial charge is 0.119 e. The summed E-state index contributed by atoms with van der Waals surface area (Å²) in [6.07, 6.45) is 6.84. The Kier molecular flexibility index (Phi) is 8.09. The van der Waals surface area contributed by atoms with Gasteiger partial charge in [0.15, 0.2) is 0 Å². The Morgan fingerprint density at radius 1 is 1.19 bits per heavy atom. The average Bonchev–Trinajstić information content (AvgIpc) is 2.49. The molecule has 0 saturated carbocycles. The van der Waals surface area contributed by atoms with Crippen molar-refractivity contribution < 1.29 is 9.84 Å². The van der Waals surface area contributed by atoms with Gasteiger partial charge in [-0.1, -0.05) is 44.1 Å². The van der Waals surface area contributed by atoms with Gasteiger partial charge in [0.25, 0.3) is 0 Å². The lowest BCUT2D eigenvalue weighted by Crippen LogP contribution is -2.34. The maximum absolute atomic E-state index is 10.0. The Bertz CT molecular complexity index is 412. The van der Waals surface area contributed by atoms with Crippen molar-refractivity contribution in [3.05, 3.63) is 35.9 Å². The molecule has 3 heteroatoms. The van der Waals surface area contributed by atoms with Crippen molar-refractivity contribution in [1.82, 2.24) is 4.90 Å². The van der Waals surface area contributed by atoms with Gasteiger partial charge in [-0.15, -0.1) is 0 Å². The van der Waals surface area contributed by atoms with E-state index in [2.05, 4.69) is 6.92 Å². The van der Waals surface area contributed by atoms with E-state index < -0.39 is 6.10 Å². The first kappa shape index (κ1) is 17.7. The zero-order chi connectivity index (χ0) is 15.7.